The van der Waals surface area contributed by atoms with E-state index in [1.165, 1.54) is 41.2 Å². The molecule has 1 aromatic carbocycles. The monoisotopic (exact) mass is 352 g/mol. The molecule has 2 aromatic heterocycles. The van der Waals surface area contributed by atoms with E-state index in [0.29, 0.717) is 16.8 Å². The first kappa shape index (κ1) is 15.4. The van der Waals surface area contributed by atoms with Crippen LogP contribution in [-0.4, -0.2) is 34.1 Å². The number of carbonyl (C=O) groups is 1. The fourth-order valence-corrected chi connectivity index (χ4v) is 2.84. The van der Waals surface area contributed by atoms with Crippen LogP contribution in [-0.2, 0) is 10.0 Å². The number of benzene rings is 1. The highest BCUT2D eigenvalue weighted by Gasteiger charge is 2.17. The Morgan fingerprint density at radius 2 is 2.04 bits per heavy atom. The molecule has 0 saturated carbocycles. The number of halogens is 1. The Bertz CT molecular complexity index is 1050. The molecule has 2 heterocycles. The molecular weight excluding hydrogens is 344 g/mol. The van der Waals surface area contributed by atoms with E-state index in [-0.39, 0.29) is 15.6 Å². The molecule has 0 aliphatic heterocycles. The van der Waals surface area contributed by atoms with Gasteiger partial charge in [0.05, 0.1) is 21.1 Å². The van der Waals surface area contributed by atoms with Gasteiger partial charge in [0.25, 0.3) is 0 Å². The first-order valence-corrected chi connectivity index (χ1v) is 8.10. The highest BCUT2D eigenvalue weighted by atomic mass is 35.5. The third-order valence-corrected chi connectivity index (χ3v) is 4.37. The van der Waals surface area contributed by atoms with Gasteiger partial charge in [-0.2, -0.15) is 5.10 Å². The smallest absolute Gasteiger partial charge is 0.356 e. The average molecular weight is 353 g/mol. The second-order valence-corrected chi connectivity index (χ2v) is 6.60. The summed E-state index contributed by atoms with van der Waals surface area (Å²) < 4.78 is 24.3. The Balaban J connectivity index is 2.30. The maximum atomic E-state index is 11.5. The Hall–Kier alpha value is -2.49. The lowest BCUT2D eigenvalue weighted by Gasteiger charge is -2.07. The van der Waals surface area contributed by atoms with Crippen LogP contribution in [0.15, 0.2) is 41.6 Å². The summed E-state index contributed by atoms with van der Waals surface area (Å²) in [4.78, 5) is 15.1. The first-order valence-electron chi connectivity index (χ1n) is 6.18. The van der Waals surface area contributed by atoms with Crippen molar-refractivity contribution in [1.82, 2.24) is 14.6 Å². The Morgan fingerprint density at radius 1 is 1.30 bits per heavy atom. The number of carboxylic acid groups (broad SMARTS) is 1. The number of aromatic carboxylic acids is 1. The number of nitrogens with two attached hydrogens (primary N) is 1. The molecule has 0 atom stereocenters. The van der Waals surface area contributed by atoms with Gasteiger partial charge in [-0.15, -0.1) is 0 Å². The van der Waals surface area contributed by atoms with Gasteiger partial charge in [0.2, 0.25) is 10.0 Å². The summed E-state index contributed by atoms with van der Waals surface area (Å²) >= 11 is 6.13. The van der Waals surface area contributed by atoms with E-state index in [2.05, 4.69) is 10.1 Å². The Morgan fingerprint density at radius 3 is 2.70 bits per heavy atom. The number of nitrogens with zero attached hydrogens (tertiary/aromatic N) is 3. The quantitative estimate of drug-likeness (QED) is 0.733. The fourth-order valence-electron chi connectivity index (χ4n) is 2.10. The van der Waals surface area contributed by atoms with Crippen molar-refractivity contribution in [3.8, 4) is 11.3 Å². The summed E-state index contributed by atoms with van der Waals surface area (Å²) in [5.74, 6) is -1.19. The van der Waals surface area contributed by atoms with Gasteiger partial charge in [-0.3, -0.25) is 4.98 Å². The minimum Gasteiger partial charge on any atom is -0.476 e. The van der Waals surface area contributed by atoms with Gasteiger partial charge in [0.15, 0.2) is 5.69 Å². The molecule has 0 bridgehead atoms. The van der Waals surface area contributed by atoms with Gasteiger partial charge in [0, 0.05) is 24.0 Å². The van der Waals surface area contributed by atoms with Gasteiger partial charge in [-0.25, -0.2) is 22.9 Å². The summed E-state index contributed by atoms with van der Waals surface area (Å²) in [5.41, 5.74) is 0.806. The average Bonchev–Trinajstić information content (AvgIpc) is 2.91. The van der Waals surface area contributed by atoms with E-state index in [1.54, 1.807) is 0 Å². The summed E-state index contributed by atoms with van der Waals surface area (Å²) in [6.45, 7) is 0. The molecule has 0 unspecified atom stereocenters. The van der Waals surface area contributed by atoms with Crippen LogP contribution in [0.1, 0.15) is 10.5 Å². The van der Waals surface area contributed by atoms with Crippen molar-refractivity contribution >= 4 is 33.1 Å². The summed E-state index contributed by atoms with van der Waals surface area (Å²) in [5, 5.41) is 18.3. The molecule has 0 fully saturated rings. The standard InChI is InChI=1S/C13H9ClN4O4S/c14-9-2-1-7(23(15,21)22)5-8(9)12-11-6-10(13(19)20)17-18(11)4-3-16-12/h1-6H,(H,19,20)(H2,15,21,22). The molecule has 8 nitrogen and oxygen atoms in total. The van der Waals surface area contributed by atoms with E-state index in [9.17, 15) is 13.2 Å². The van der Waals surface area contributed by atoms with Crippen LogP contribution in [0, 0.1) is 0 Å². The first-order chi connectivity index (χ1) is 10.8. The van der Waals surface area contributed by atoms with Gasteiger partial charge in [0.1, 0.15) is 0 Å². The lowest BCUT2D eigenvalue weighted by molar-refractivity contribution is 0.0690. The Labute approximate surface area is 135 Å². The van der Waals surface area contributed by atoms with Crippen LogP contribution in [0.5, 0.6) is 0 Å². The number of carboxylic acids is 1. The second kappa shape index (κ2) is 5.30. The molecule has 23 heavy (non-hydrogen) atoms. The molecule has 3 aromatic rings. The van der Waals surface area contributed by atoms with E-state index in [1.807, 2.05) is 0 Å². The van der Waals surface area contributed by atoms with Crippen molar-refractivity contribution in [1.29, 1.82) is 0 Å². The summed E-state index contributed by atoms with van der Waals surface area (Å²) in [6, 6.07) is 5.27. The van der Waals surface area contributed by atoms with Gasteiger partial charge in [-0.05, 0) is 18.2 Å². The fraction of sp³-hybridized carbons (Fsp3) is 0. The third-order valence-electron chi connectivity index (χ3n) is 3.13. The van der Waals surface area contributed by atoms with Crippen LogP contribution in [0.25, 0.3) is 16.8 Å². The molecular formula is C13H9ClN4O4S. The molecule has 0 radical (unpaired) electrons. The minimum atomic E-state index is -3.91. The van der Waals surface area contributed by atoms with Crippen molar-refractivity contribution in [2.75, 3.05) is 0 Å². The van der Waals surface area contributed by atoms with Crippen LogP contribution < -0.4 is 5.14 Å². The molecule has 118 valence electrons. The lowest BCUT2D eigenvalue weighted by atomic mass is 10.1. The number of rotatable bonds is 3. The molecule has 3 N–H and O–H groups in total. The summed E-state index contributed by atoms with van der Waals surface area (Å²) in [6.07, 6.45) is 2.88. The van der Waals surface area contributed by atoms with Gasteiger partial charge in [-0.1, -0.05) is 11.6 Å². The number of primary sulfonamides is 1. The topological polar surface area (TPSA) is 128 Å². The zero-order chi connectivity index (χ0) is 16.8. The lowest BCUT2D eigenvalue weighted by Crippen LogP contribution is -2.12. The minimum absolute atomic E-state index is 0.126. The number of hydrogen-bond acceptors (Lipinski definition) is 5. The normalized spacial score (nSPS) is 11.7. The molecule has 10 heteroatoms. The van der Waals surface area contributed by atoms with E-state index in [0.717, 1.165) is 0 Å². The maximum Gasteiger partial charge on any atom is 0.356 e. The van der Waals surface area contributed by atoms with Gasteiger partial charge < -0.3 is 5.11 Å². The zero-order valence-corrected chi connectivity index (χ0v) is 12.9. The zero-order valence-electron chi connectivity index (χ0n) is 11.3. The van der Waals surface area contributed by atoms with Crippen molar-refractivity contribution in [2.45, 2.75) is 4.90 Å². The summed E-state index contributed by atoms with van der Waals surface area (Å²) in [7, 11) is -3.91. The highest BCUT2D eigenvalue weighted by Crippen LogP contribution is 2.31. The predicted octanol–water partition coefficient (Wildman–Crippen LogP) is 1.40. The number of hydrogen-bond donors (Lipinski definition) is 2. The van der Waals surface area contributed by atoms with Crippen molar-refractivity contribution in [3.05, 3.63) is 47.4 Å². The molecule has 0 spiro atoms. The van der Waals surface area contributed by atoms with Crippen LogP contribution in [0.2, 0.25) is 5.02 Å². The highest BCUT2D eigenvalue weighted by molar-refractivity contribution is 7.89. The van der Waals surface area contributed by atoms with E-state index < -0.39 is 16.0 Å². The predicted molar refractivity (Wildman–Crippen MR) is 81.8 cm³/mol. The van der Waals surface area contributed by atoms with Gasteiger partial charge >= 0.3 is 5.97 Å². The number of sulfonamides is 1. The van der Waals surface area contributed by atoms with Crippen LogP contribution in [0.3, 0.4) is 0 Å². The SMILES string of the molecule is NS(=O)(=O)c1ccc(Cl)c(-c2nccn3nc(C(=O)O)cc23)c1. The maximum absolute atomic E-state index is 11.5. The van der Waals surface area contributed by atoms with Crippen molar-refractivity contribution < 1.29 is 18.3 Å². The molecule has 0 saturated heterocycles. The van der Waals surface area contributed by atoms with E-state index in [4.69, 9.17) is 21.8 Å². The number of fused-ring (bicyclic) bond motifs is 1. The van der Waals surface area contributed by atoms with Crippen molar-refractivity contribution in [2.24, 2.45) is 5.14 Å². The number of aromatic nitrogens is 3. The molecule has 0 aliphatic carbocycles. The molecule has 0 amide bonds. The van der Waals surface area contributed by atoms with Crippen LogP contribution >= 0.6 is 11.6 Å². The Kier molecular flexibility index (Phi) is 3.55. The van der Waals surface area contributed by atoms with E-state index >= 15 is 0 Å². The van der Waals surface area contributed by atoms with Crippen molar-refractivity contribution in [3.63, 3.8) is 0 Å². The molecule has 0 aliphatic rings. The van der Waals surface area contributed by atoms with Crippen LogP contribution in [0.4, 0.5) is 0 Å². The largest absolute Gasteiger partial charge is 0.476 e. The molecule has 3 rings (SSSR count). The third kappa shape index (κ3) is 2.77. The second-order valence-electron chi connectivity index (χ2n) is 4.63.